The number of nitrogens with zero attached hydrogens (tertiary/aromatic N) is 3. The van der Waals surface area contributed by atoms with E-state index in [-0.39, 0.29) is 17.7 Å². The lowest BCUT2D eigenvalue weighted by Gasteiger charge is -2.30. The molecule has 2 heterocycles. The second-order valence-electron chi connectivity index (χ2n) is 8.96. The number of aromatic nitrogens is 1. The van der Waals surface area contributed by atoms with Crippen LogP contribution in [0, 0.1) is 0 Å². The van der Waals surface area contributed by atoms with Gasteiger partial charge in [0, 0.05) is 37.3 Å². The van der Waals surface area contributed by atoms with Crippen LogP contribution in [0.25, 0.3) is 10.2 Å². The van der Waals surface area contributed by atoms with Crippen LogP contribution in [0.15, 0.2) is 46.3 Å². The van der Waals surface area contributed by atoms with Gasteiger partial charge in [0.05, 0.1) is 15.1 Å². The average Bonchev–Trinajstić information content (AvgIpc) is 3.46. The monoisotopic (exact) mass is 515 g/mol. The standard InChI is InChI=1S/C25H29N3O5S2/c1-3-13-28-20-14-21-22(33-16-32-21)15-23(20)34-25(28)26-24(29)17-9-11-19(12-10-17)35(30,31)27(2)18-7-5-4-6-8-18/h9-12,14-15,18H,3-8,13,16H2,1-2H3. The van der Waals surface area contributed by atoms with Gasteiger partial charge in [-0.05, 0) is 43.5 Å². The molecule has 1 aliphatic heterocycles. The van der Waals surface area contributed by atoms with Gasteiger partial charge >= 0.3 is 0 Å². The lowest BCUT2D eigenvalue weighted by Crippen LogP contribution is -2.38. The zero-order valence-electron chi connectivity index (χ0n) is 19.9. The third-order valence-electron chi connectivity index (χ3n) is 6.69. The van der Waals surface area contributed by atoms with Crippen LogP contribution in [0.3, 0.4) is 0 Å². The quantitative estimate of drug-likeness (QED) is 0.481. The van der Waals surface area contributed by atoms with Crippen LogP contribution in [0.2, 0.25) is 0 Å². The second kappa shape index (κ2) is 9.75. The molecule has 0 bridgehead atoms. The number of amides is 1. The van der Waals surface area contributed by atoms with E-state index in [1.165, 1.54) is 27.8 Å². The van der Waals surface area contributed by atoms with E-state index in [4.69, 9.17) is 9.47 Å². The lowest BCUT2D eigenvalue weighted by molar-refractivity contribution is 0.0997. The summed E-state index contributed by atoms with van der Waals surface area (Å²) >= 11 is 1.42. The number of carbonyl (C=O) groups excluding carboxylic acids is 1. The second-order valence-corrected chi connectivity index (χ2v) is 12.0. The van der Waals surface area contributed by atoms with E-state index in [9.17, 15) is 13.2 Å². The minimum absolute atomic E-state index is 0.0317. The number of hydrogen-bond donors (Lipinski definition) is 0. The van der Waals surface area contributed by atoms with Crippen LogP contribution in [0.1, 0.15) is 55.8 Å². The van der Waals surface area contributed by atoms with Crippen molar-refractivity contribution in [1.29, 1.82) is 0 Å². The van der Waals surface area contributed by atoms with Crippen LogP contribution in [-0.4, -0.2) is 43.1 Å². The average molecular weight is 516 g/mol. The van der Waals surface area contributed by atoms with E-state index >= 15 is 0 Å². The van der Waals surface area contributed by atoms with Gasteiger partial charge in [-0.2, -0.15) is 9.30 Å². The molecule has 8 nitrogen and oxygen atoms in total. The topological polar surface area (TPSA) is 90.2 Å². The highest BCUT2D eigenvalue weighted by Gasteiger charge is 2.29. The summed E-state index contributed by atoms with van der Waals surface area (Å²) in [5.74, 6) is 0.967. The first-order valence-electron chi connectivity index (χ1n) is 12.0. The van der Waals surface area contributed by atoms with Gasteiger partial charge in [0.25, 0.3) is 5.91 Å². The van der Waals surface area contributed by atoms with Crippen molar-refractivity contribution in [2.24, 2.45) is 4.99 Å². The highest BCUT2D eigenvalue weighted by Crippen LogP contribution is 2.37. The summed E-state index contributed by atoms with van der Waals surface area (Å²) in [5, 5.41) is 0. The Labute approximate surface area is 208 Å². The molecular formula is C25H29N3O5S2. The van der Waals surface area contributed by atoms with E-state index in [2.05, 4.69) is 11.9 Å². The summed E-state index contributed by atoms with van der Waals surface area (Å²) in [7, 11) is -1.96. The van der Waals surface area contributed by atoms with Gasteiger partial charge in [0.15, 0.2) is 16.3 Å². The maximum atomic E-state index is 13.1. The molecule has 1 fully saturated rings. The maximum absolute atomic E-state index is 13.1. The van der Waals surface area contributed by atoms with Crippen LogP contribution < -0.4 is 14.3 Å². The molecule has 3 aromatic rings. The van der Waals surface area contributed by atoms with Gasteiger partial charge < -0.3 is 14.0 Å². The Morgan fingerprint density at radius 2 is 1.80 bits per heavy atom. The lowest BCUT2D eigenvalue weighted by atomic mass is 9.96. The highest BCUT2D eigenvalue weighted by atomic mass is 32.2. The zero-order chi connectivity index (χ0) is 24.6. The normalized spacial score (nSPS) is 16.9. The number of fused-ring (bicyclic) bond motifs is 2. The number of sulfonamides is 1. The van der Waals surface area contributed by atoms with E-state index in [1.54, 1.807) is 19.2 Å². The number of ether oxygens (including phenoxy) is 2. The molecule has 1 saturated carbocycles. The van der Waals surface area contributed by atoms with Gasteiger partial charge in [0.2, 0.25) is 16.8 Å². The number of rotatable bonds is 6. The molecule has 0 N–H and O–H groups in total. The Morgan fingerprint density at radius 1 is 1.11 bits per heavy atom. The molecular weight excluding hydrogens is 486 g/mol. The SMILES string of the molecule is CCCn1c(=NC(=O)c2ccc(S(=O)(=O)N(C)C3CCCCC3)cc2)sc2cc3c(cc21)OCO3. The van der Waals surface area contributed by atoms with E-state index in [0.717, 1.165) is 48.7 Å². The summed E-state index contributed by atoms with van der Waals surface area (Å²) in [6, 6.07) is 9.96. The minimum atomic E-state index is -3.61. The summed E-state index contributed by atoms with van der Waals surface area (Å²) < 4.78 is 41.7. The molecule has 0 radical (unpaired) electrons. The molecule has 0 atom stereocenters. The van der Waals surface area contributed by atoms with Crippen molar-refractivity contribution in [2.45, 2.75) is 62.9 Å². The Bertz CT molecular complexity index is 1420. The van der Waals surface area contributed by atoms with Crippen LogP contribution in [0.5, 0.6) is 11.5 Å². The largest absolute Gasteiger partial charge is 0.454 e. The Hall–Kier alpha value is -2.69. The van der Waals surface area contributed by atoms with Crippen molar-refractivity contribution in [3.63, 3.8) is 0 Å². The molecule has 35 heavy (non-hydrogen) atoms. The molecule has 186 valence electrons. The Balaban J connectivity index is 1.43. The van der Waals surface area contributed by atoms with Crippen LogP contribution in [0.4, 0.5) is 0 Å². The highest BCUT2D eigenvalue weighted by molar-refractivity contribution is 7.89. The molecule has 0 spiro atoms. The molecule has 1 aliphatic carbocycles. The van der Waals surface area contributed by atoms with E-state index in [0.29, 0.717) is 28.4 Å². The number of carbonyl (C=O) groups is 1. The van der Waals surface area contributed by atoms with Gasteiger partial charge in [-0.1, -0.05) is 37.5 Å². The first-order chi connectivity index (χ1) is 16.9. The van der Waals surface area contributed by atoms with Crippen molar-refractivity contribution in [2.75, 3.05) is 13.8 Å². The van der Waals surface area contributed by atoms with Gasteiger partial charge in [-0.15, -0.1) is 0 Å². The third kappa shape index (κ3) is 4.62. The van der Waals surface area contributed by atoms with Crippen LogP contribution in [-0.2, 0) is 16.6 Å². The molecule has 2 aromatic carbocycles. The van der Waals surface area contributed by atoms with Crippen molar-refractivity contribution in [1.82, 2.24) is 8.87 Å². The van der Waals surface area contributed by atoms with Crippen molar-refractivity contribution >= 4 is 37.5 Å². The fourth-order valence-electron chi connectivity index (χ4n) is 4.71. The van der Waals surface area contributed by atoms with Gasteiger partial charge in [-0.3, -0.25) is 4.79 Å². The molecule has 2 aliphatic rings. The summed E-state index contributed by atoms with van der Waals surface area (Å²) in [5.41, 5.74) is 1.29. The zero-order valence-corrected chi connectivity index (χ0v) is 21.5. The van der Waals surface area contributed by atoms with Crippen molar-refractivity contribution in [3.05, 3.63) is 46.8 Å². The number of aryl methyl sites for hydroxylation is 1. The maximum Gasteiger partial charge on any atom is 0.279 e. The first-order valence-corrected chi connectivity index (χ1v) is 14.2. The van der Waals surface area contributed by atoms with Crippen LogP contribution >= 0.6 is 11.3 Å². The number of hydrogen-bond acceptors (Lipinski definition) is 6. The molecule has 1 amide bonds. The fourth-order valence-corrected chi connectivity index (χ4v) is 7.19. The van der Waals surface area contributed by atoms with E-state index < -0.39 is 15.9 Å². The number of benzene rings is 2. The molecule has 0 unspecified atom stereocenters. The number of thiazole rings is 1. The van der Waals surface area contributed by atoms with Gasteiger partial charge in [-0.25, -0.2) is 8.42 Å². The summed E-state index contributed by atoms with van der Waals surface area (Å²) in [6.07, 6.45) is 5.92. The first kappa shape index (κ1) is 24.0. The minimum Gasteiger partial charge on any atom is -0.454 e. The van der Waals surface area contributed by atoms with Crippen molar-refractivity contribution < 1.29 is 22.7 Å². The summed E-state index contributed by atoms with van der Waals surface area (Å²) in [6.45, 7) is 2.98. The summed E-state index contributed by atoms with van der Waals surface area (Å²) in [4.78, 5) is 18.2. The molecule has 1 aromatic heterocycles. The Morgan fingerprint density at radius 3 is 2.49 bits per heavy atom. The molecule has 5 rings (SSSR count). The van der Waals surface area contributed by atoms with Crippen molar-refractivity contribution in [3.8, 4) is 11.5 Å². The predicted octanol–water partition coefficient (Wildman–Crippen LogP) is 4.54. The fraction of sp³-hybridized carbons (Fsp3) is 0.440. The third-order valence-corrected chi connectivity index (χ3v) is 9.65. The van der Waals surface area contributed by atoms with Gasteiger partial charge in [0.1, 0.15) is 0 Å². The Kier molecular flexibility index (Phi) is 6.69. The molecule has 10 heteroatoms. The van der Waals surface area contributed by atoms with E-state index in [1.807, 2.05) is 16.7 Å². The predicted molar refractivity (Wildman–Crippen MR) is 134 cm³/mol. The molecule has 0 saturated heterocycles. The smallest absolute Gasteiger partial charge is 0.279 e.